The number of benzene rings is 1. The lowest BCUT2D eigenvalue weighted by Gasteiger charge is -1.91. The normalized spacial score (nSPS) is 10.5. The van der Waals surface area contributed by atoms with Gasteiger partial charge in [0.25, 0.3) is 0 Å². The number of rotatable bonds is 1. The number of carbonyl (C=O) groups is 1. The Morgan fingerprint density at radius 2 is 2.23 bits per heavy atom. The highest BCUT2D eigenvalue weighted by Gasteiger charge is 2.12. The number of fused-ring (bicyclic) bond motifs is 1. The summed E-state index contributed by atoms with van der Waals surface area (Å²) < 4.78 is 13.4. The third-order valence-electron chi connectivity index (χ3n) is 1.81. The van der Waals surface area contributed by atoms with Crippen molar-refractivity contribution in [2.75, 3.05) is 0 Å². The third kappa shape index (κ3) is 1.10. The fourth-order valence-corrected chi connectivity index (χ4v) is 2.09. The zero-order valence-corrected chi connectivity index (χ0v) is 7.27. The van der Waals surface area contributed by atoms with Gasteiger partial charge in [0.05, 0.1) is 4.70 Å². The largest absolute Gasteiger partial charge is 0.504 e. The van der Waals surface area contributed by atoms with Crippen molar-refractivity contribution in [1.82, 2.24) is 0 Å². The fourth-order valence-electron chi connectivity index (χ4n) is 1.19. The average molecular weight is 196 g/mol. The molecule has 1 heterocycles. The maximum Gasteiger partial charge on any atom is 0.219 e. The minimum atomic E-state index is -0.649. The van der Waals surface area contributed by atoms with E-state index in [1.807, 2.05) is 0 Å². The first-order valence-electron chi connectivity index (χ1n) is 3.59. The molecule has 0 unspecified atom stereocenters. The first-order chi connectivity index (χ1) is 6.24. The first kappa shape index (κ1) is 8.19. The number of aldehydes is 1. The topological polar surface area (TPSA) is 37.3 Å². The van der Waals surface area contributed by atoms with Crippen LogP contribution in [0.4, 0.5) is 4.39 Å². The van der Waals surface area contributed by atoms with Crippen LogP contribution in [0.1, 0.15) is 10.4 Å². The van der Waals surface area contributed by atoms with Gasteiger partial charge in [-0.1, -0.05) is 12.1 Å². The second-order valence-electron chi connectivity index (χ2n) is 2.57. The summed E-state index contributed by atoms with van der Waals surface area (Å²) in [5, 5.41) is 8.98. The van der Waals surface area contributed by atoms with E-state index < -0.39 is 5.13 Å². The molecule has 0 saturated carbocycles. The van der Waals surface area contributed by atoms with Gasteiger partial charge in [0.1, 0.15) is 0 Å². The van der Waals surface area contributed by atoms with Crippen molar-refractivity contribution in [3.8, 4) is 5.75 Å². The van der Waals surface area contributed by atoms with E-state index in [0.717, 1.165) is 11.3 Å². The maximum absolute atomic E-state index is 12.9. The van der Waals surface area contributed by atoms with Crippen LogP contribution in [0.3, 0.4) is 0 Å². The van der Waals surface area contributed by atoms with E-state index in [0.29, 0.717) is 21.9 Å². The molecule has 13 heavy (non-hydrogen) atoms. The average Bonchev–Trinajstić information content (AvgIpc) is 2.43. The van der Waals surface area contributed by atoms with Gasteiger partial charge >= 0.3 is 0 Å². The number of hydrogen-bond donors (Lipinski definition) is 1. The second-order valence-corrected chi connectivity index (χ2v) is 3.54. The molecule has 0 aliphatic carbocycles. The molecule has 0 aliphatic heterocycles. The molecule has 0 amide bonds. The lowest BCUT2D eigenvalue weighted by molar-refractivity contribution is 0.112. The van der Waals surface area contributed by atoms with E-state index in [9.17, 15) is 14.3 Å². The Bertz CT molecular complexity index is 476. The lowest BCUT2D eigenvalue weighted by Crippen LogP contribution is -1.77. The van der Waals surface area contributed by atoms with Crippen molar-refractivity contribution in [2.45, 2.75) is 0 Å². The Balaban J connectivity index is 2.92. The molecule has 0 radical (unpaired) electrons. The standard InChI is InChI=1S/C9H5FO2S/c10-9-7(12)6-3-1-2-5(4-11)8(6)13-9/h1-4,12H. The van der Waals surface area contributed by atoms with Crippen LogP contribution in [-0.2, 0) is 0 Å². The Morgan fingerprint density at radius 1 is 1.46 bits per heavy atom. The highest BCUT2D eigenvalue weighted by Crippen LogP contribution is 2.36. The van der Waals surface area contributed by atoms with Crippen LogP contribution in [-0.4, -0.2) is 11.4 Å². The van der Waals surface area contributed by atoms with E-state index >= 15 is 0 Å². The highest BCUT2D eigenvalue weighted by molar-refractivity contribution is 7.18. The molecule has 2 aromatic rings. The van der Waals surface area contributed by atoms with Crippen LogP contribution in [0.5, 0.6) is 5.75 Å². The van der Waals surface area contributed by atoms with Crippen molar-refractivity contribution in [3.05, 3.63) is 28.9 Å². The smallest absolute Gasteiger partial charge is 0.219 e. The first-order valence-corrected chi connectivity index (χ1v) is 4.41. The number of hydrogen-bond acceptors (Lipinski definition) is 3. The second kappa shape index (κ2) is 2.81. The zero-order valence-electron chi connectivity index (χ0n) is 6.45. The summed E-state index contributed by atoms with van der Waals surface area (Å²) in [5.74, 6) is -0.372. The molecule has 2 rings (SSSR count). The van der Waals surface area contributed by atoms with Crippen molar-refractivity contribution in [1.29, 1.82) is 0 Å². The Morgan fingerprint density at radius 3 is 2.92 bits per heavy atom. The third-order valence-corrected chi connectivity index (χ3v) is 2.84. The zero-order chi connectivity index (χ0) is 9.42. The molecule has 0 fully saturated rings. The van der Waals surface area contributed by atoms with Crippen LogP contribution >= 0.6 is 11.3 Å². The quantitative estimate of drug-likeness (QED) is 0.711. The molecule has 0 saturated heterocycles. The van der Waals surface area contributed by atoms with Crippen LogP contribution in [0.15, 0.2) is 18.2 Å². The van der Waals surface area contributed by atoms with Crippen molar-refractivity contribution < 1.29 is 14.3 Å². The molecule has 0 aliphatic rings. The molecular formula is C9H5FO2S. The molecule has 1 N–H and O–H groups in total. The predicted molar refractivity (Wildman–Crippen MR) is 48.8 cm³/mol. The van der Waals surface area contributed by atoms with Gasteiger partial charge in [-0.3, -0.25) is 4.79 Å². The minimum Gasteiger partial charge on any atom is -0.504 e. The molecule has 4 heteroatoms. The molecule has 0 spiro atoms. The van der Waals surface area contributed by atoms with Crippen molar-refractivity contribution >= 4 is 27.7 Å². The van der Waals surface area contributed by atoms with Gasteiger partial charge in [0, 0.05) is 10.9 Å². The van der Waals surface area contributed by atoms with E-state index in [2.05, 4.69) is 0 Å². The molecule has 0 atom stereocenters. The summed E-state index contributed by atoms with van der Waals surface area (Å²) in [4.78, 5) is 10.5. The van der Waals surface area contributed by atoms with Gasteiger partial charge in [-0.15, -0.1) is 11.3 Å². The summed E-state index contributed by atoms with van der Waals surface area (Å²) in [6, 6.07) is 4.78. The van der Waals surface area contributed by atoms with E-state index in [1.165, 1.54) is 0 Å². The number of halogens is 1. The highest BCUT2D eigenvalue weighted by atomic mass is 32.1. The minimum absolute atomic E-state index is 0.372. The van der Waals surface area contributed by atoms with Gasteiger partial charge in [-0.05, 0) is 6.07 Å². The lowest BCUT2D eigenvalue weighted by atomic mass is 10.2. The predicted octanol–water partition coefficient (Wildman–Crippen LogP) is 2.56. The number of aromatic hydroxyl groups is 1. The molecule has 0 bridgehead atoms. The summed E-state index contributed by atoms with van der Waals surface area (Å²) in [6.07, 6.45) is 0.651. The van der Waals surface area contributed by atoms with Crippen LogP contribution in [0.2, 0.25) is 0 Å². The molecule has 66 valence electrons. The Hall–Kier alpha value is -1.42. The maximum atomic E-state index is 12.9. The van der Waals surface area contributed by atoms with Crippen molar-refractivity contribution in [2.24, 2.45) is 0 Å². The van der Waals surface area contributed by atoms with Crippen molar-refractivity contribution in [3.63, 3.8) is 0 Å². The summed E-state index contributed by atoms with van der Waals surface area (Å²) in [5.41, 5.74) is 0.404. The van der Waals surface area contributed by atoms with Crippen LogP contribution in [0.25, 0.3) is 10.1 Å². The van der Waals surface area contributed by atoms with Gasteiger partial charge in [0.2, 0.25) is 5.13 Å². The summed E-state index contributed by atoms with van der Waals surface area (Å²) in [7, 11) is 0. The van der Waals surface area contributed by atoms with Gasteiger partial charge < -0.3 is 5.11 Å². The van der Waals surface area contributed by atoms with E-state index in [1.54, 1.807) is 18.2 Å². The van der Waals surface area contributed by atoms with Gasteiger partial charge in [0.15, 0.2) is 12.0 Å². The van der Waals surface area contributed by atoms with Crippen LogP contribution < -0.4 is 0 Å². The van der Waals surface area contributed by atoms with Gasteiger partial charge in [-0.25, -0.2) is 0 Å². The monoisotopic (exact) mass is 196 g/mol. The Kier molecular flexibility index (Phi) is 1.77. The fraction of sp³-hybridized carbons (Fsp3) is 0. The van der Waals surface area contributed by atoms with E-state index in [4.69, 9.17) is 0 Å². The molecule has 2 nitrogen and oxygen atoms in total. The Labute approximate surface area is 77.2 Å². The van der Waals surface area contributed by atoms with Gasteiger partial charge in [-0.2, -0.15) is 4.39 Å². The SMILES string of the molecule is O=Cc1cccc2c(O)c(F)sc12. The number of carbonyl (C=O) groups excluding carboxylic acids is 1. The molecule has 1 aromatic heterocycles. The number of thiophene rings is 1. The van der Waals surface area contributed by atoms with Crippen LogP contribution in [0, 0.1) is 5.13 Å². The molecule has 1 aromatic carbocycles. The molecular weight excluding hydrogens is 191 g/mol. The summed E-state index contributed by atoms with van der Waals surface area (Å²) >= 11 is 0.782. The van der Waals surface area contributed by atoms with E-state index in [-0.39, 0.29) is 5.75 Å². The summed E-state index contributed by atoms with van der Waals surface area (Å²) in [6.45, 7) is 0.